The van der Waals surface area contributed by atoms with Crippen molar-refractivity contribution in [2.45, 2.75) is 328 Å². The fourth-order valence-corrected chi connectivity index (χ4v) is 9.57. The van der Waals surface area contributed by atoms with E-state index in [1.807, 2.05) is 0 Å². The minimum atomic E-state index is -0.785. The van der Waals surface area contributed by atoms with Crippen LogP contribution in [0.4, 0.5) is 0 Å². The zero-order valence-electron chi connectivity index (χ0n) is 51.4. The van der Waals surface area contributed by atoms with Crippen LogP contribution in [0.1, 0.15) is 322 Å². The number of ether oxygens (including phenoxy) is 2. The molecule has 0 radical (unpaired) electrons. The Morgan fingerprint density at radius 3 is 0.833 bits per heavy atom. The van der Waals surface area contributed by atoms with Gasteiger partial charge in [0, 0.05) is 12.8 Å². The minimum absolute atomic E-state index is 0.0731. The zero-order valence-corrected chi connectivity index (χ0v) is 51.4. The first-order chi connectivity index (χ1) is 38.6. The molecule has 0 saturated heterocycles. The molecule has 0 aliphatic heterocycles. The van der Waals surface area contributed by atoms with Crippen molar-refractivity contribution in [2.75, 3.05) is 13.2 Å². The molecule has 1 atom stereocenters. The quantitative estimate of drug-likeness (QED) is 0.0373. The highest BCUT2D eigenvalue weighted by Crippen LogP contribution is 2.17. The summed E-state index contributed by atoms with van der Waals surface area (Å²) in [4.78, 5) is 24.6. The Balaban J connectivity index is 3.48. The Bertz CT molecular complexity index is 1510. The first kappa shape index (κ1) is 74.6. The molecule has 0 fully saturated rings. The number of hydrogen-bond acceptors (Lipinski definition) is 5. The maximum Gasteiger partial charge on any atom is 0.306 e. The monoisotopic (exact) mass is 1080 g/mol. The van der Waals surface area contributed by atoms with Crippen molar-refractivity contribution < 1.29 is 24.2 Å². The van der Waals surface area contributed by atoms with Gasteiger partial charge in [-0.25, -0.2) is 0 Å². The number of aliphatic hydroxyl groups excluding tert-OH is 1. The molecule has 0 spiro atoms. The largest absolute Gasteiger partial charge is 0.462 e. The molecule has 0 aliphatic rings. The number of rotatable bonds is 61. The van der Waals surface area contributed by atoms with E-state index in [-0.39, 0.29) is 25.2 Å². The van der Waals surface area contributed by atoms with Gasteiger partial charge in [0.2, 0.25) is 0 Å². The summed E-state index contributed by atoms with van der Waals surface area (Å²) in [5.74, 6) is -0.597. The average molecular weight is 1080 g/mol. The van der Waals surface area contributed by atoms with E-state index in [9.17, 15) is 14.7 Å². The van der Waals surface area contributed by atoms with Gasteiger partial charge in [-0.05, 0) is 103 Å². The van der Waals surface area contributed by atoms with Gasteiger partial charge in [-0.1, -0.05) is 316 Å². The average Bonchev–Trinajstić information content (AvgIpc) is 3.44. The number of allylic oxidation sites excluding steroid dienone is 18. The lowest BCUT2D eigenvalue weighted by Crippen LogP contribution is -2.28. The lowest BCUT2D eigenvalue weighted by molar-refractivity contribution is -0.161. The van der Waals surface area contributed by atoms with Crippen molar-refractivity contribution >= 4 is 11.9 Å². The van der Waals surface area contributed by atoms with Crippen LogP contribution in [-0.4, -0.2) is 36.4 Å². The smallest absolute Gasteiger partial charge is 0.306 e. The highest BCUT2D eigenvalue weighted by Gasteiger charge is 2.16. The molecule has 5 nitrogen and oxygen atoms in total. The minimum Gasteiger partial charge on any atom is -0.462 e. The summed E-state index contributed by atoms with van der Waals surface area (Å²) in [6.07, 6.45) is 98.2. The zero-order chi connectivity index (χ0) is 56.2. The van der Waals surface area contributed by atoms with Gasteiger partial charge in [-0.3, -0.25) is 9.59 Å². The molecule has 5 heteroatoms. The summed E-state index contributed by atoms with van der Waals surface area (Å²) in [7, 11) is 0. The van der Waals surface area contributed by atoms with E-state index >= 15 is 0 Å². The molecule has 1 N–H and O–H groups in total. The van der Waals surface area contributed by atoms with Gasteiger partial charge in [0.25, 0.3) is 0 Å². The molecule has 0 amide bonds. The van der Waals surface area contributed by atoms with Gasteiger partial charge < -0.3 is 14.6 Å². The fourth-order valence-electron chi connectivity index (χ4n) is 9.57. The van der Waals surface area contributed by atoms with Crippen molar-refractivity contribution in [3.05, 3.63) is 109 Å². The van der Waals surface area contributed by atoms with Gasteiger partial charge in [-0.15, -0.1) is 0 Å². The predicted octanol–water partition coefficient (Wildman–Crippen LogP) is 23.2. The molecule has 0 aromatic heterocycles. The van der Waals surface area contributed by atoms with E-state index in [1.54, 1.807) is 0 Å². The number of carbonyl (C=O) groups is 2. The van der Waals surface area contributed by atoms with Crippen LogP contribution in [0.15, 0.2) is 109 Å². The second-order valence-corrected chi connectivity index (χ2v) is 22.2. The van der Waals surface area contributed by atoms with Gasteiger partial charge >= 0.3 is 11.9 Å². The third kappa shape index (κ3) is 65.1. The third-order valence-corrected chi connectivity index (χ3v) is 14.6. The van der Waals surface area contributed by atoms with Crippen LogP contribution in [0, 0.1) is 0 Å². The molecule has 78 heavy (non-hydrogen) atoms. The SMILES string of the molecule is CC/C=C\C/C=C\C/C=C\C/C=C\C/C=C\C/C=C\C/C=C\CCCCCCCCCC(=O)OC(CO)COC(=O)CCCCCCCCCCCCCCCCCCCCCCCCC/C=C\C/C=C\CCCCCCC. The second kappa shape index (κ2) is 67.8. The van der Waals surface area contributed by atoms with Crippen LogP contribution >= 0.6 is 0 Å². The van der Waals surface area contributed by atoms with Crippen molar-refractivity contribution in [1.29, 1.82) is 0 Å². The molecule has 0 heterocycles. The van der Waals surface area contributed by atoms with Crippen LogP contribution in [0.3, 0.4) is 0 Å². The normalized spacial score (nSPS) is 12.9. The Hall–Kier alpha value is -3.44. The molecule has 0 bridgehead atoms. The van der Waals surface area contributed by atoms with Crippen molar-refractivity contribution in [3.8, 4) is 0 Å². The first-order valence-electron chi connectivity index (χ1n) is 33.4. The predicted molar refractivity (Wildman–Crippen MR) is 343 cm³/mol. The molecule has 0 aromatic rings. The van der Waals surface area contributed by atoms with E-state index in [4.69, 9.17) is 9.47 Å². The summed E-state index contributed by atoms with van der Waals surface area (Å²) < 4.78 is 10.7. The van der Waals surface area contributed by atoms with Crippen LogP contribution in [0.25, 0.3) is 0 Å². The standard InChI is InChI=1S/C73H126O5/c1-3-5-7-9-11-13-15-17-19-21-23-25-27-29-31-33-34-35-36-37-38-40-41-43-45-47-49-51-53-55-57-59-61-63-65-67-72(75)77-70-71(69-74)78-73(76)68-66-64-62-60-58-56-54-52-50-48-46-44-42-39-32-30-28-26-24-22-20-18-16-14-12-10-8-6-4-2/h6,8,12,14-15,17-18,20-21,23-24,26,30,32,42,44,48,50,71,74H,3-5,7,9-11,13,16,19,22,25,27-29,31,33-41,43,45-47,49,51-70H2,1-2H3/b8-6-,14-12-,17-15-,20-18-,23-21-,26-24-,32-30-,44-42-,50-48-. The lowest BCUT2D eigenvalue weighted by atomic mass is 10.0. The molecule has 0 rings (SSSR count). The molecular weight excluding hydrogens is 957 g/mol. The number of aliphatic hydroxyl groups is 1. The van der Waals surface area contributed by atoms with Crippen LogP contribution in [-0.2, 0) is 19.1 Å². The third-order valence-electron chi connectivity index (χ3n) is 14.6. The topological polar surface area (TPSA) is 72.8 Å². The summed E-state index contributed by atoms with van der Waals surface area (Å²) >= 11 is 0. The molecule has 0 aliphatic carbocycles. The summed E-state index contributed by atoms with van der Waals surface area (Å²) in [5.41, 5.74) is 0. The second-order valence-electron chi connectivity index (χ2n) is 22.2. The van der Waals surface area contributed by atoms with Crippen molar-refractivity contribution in [2.24, 2.45) is 0 Å². The number of unbranched alkanes of at least 4 members (excludes halogenated alkanes) is 35. The van der Waals surface area contributed by atoms with Gasteiger partial charge in [-0.2, -0.15) is 0 Å². The van der Waals surface area contributed by atoms with Crippen LogP contribution in [0.5, 0.6) is 0 Å². The highest BCUT2D eigenvalue weighted by molar-refractivity contribution is 5.70. The maximum atomic E-state index is 12.3. The van der Waals surface area contributed by atoms with Crippen molar-refractivity contribution in [3.63, 3.8) is 0 Å². The van der Waals surface area contributed by atoms with Crippen LogP contribution < -0.4 is 0 Å². The van der Waals surface area contributed by atoms with E-state index < -0.39 is 6.10 Å². The Kier molecular flexibility index (Phi) is 64.8. The summed E-state index contributed by atoms with van der Waals surface area (Å²) in [6.45, 7) is 4.03. The number of hydrogen-bond donors (Lipinski definition) is 1. The molecule has 0 aromatic carbocycles. The maximum absolute atomic E-state index is 12.3. The summed E-state index contributed by atoms with van der Waals surface area (Å²) in [5, 5.41) is 9.69. The van der Waals surface area contributed by atoms with E-state index in [0.29, 0.717) is 12.8 Å². The van der Waals surface area contributed by atoms with E-state index in [1.165, 1.54) is 199 Å². The molecular formula is C73H126O5. The number of esters is 2. The fraction of sp³-hybridized carbons (Fsp3) is 0.726. The van der Waals surface area contributed by atoms with Gasteiger partial charge in [0.05, 0.1) is 6.61 Å². The van der Waals surface area contributed by atoms with E-state index in [0.717, 1.165) is 96.3 Å². The van der Waals surface area contributed by atoms with Crippen molar-refractivity contribution in [1.82, 2.24) is 0 Å². The lowest BCUT2D eigenvalue weighted by Gasteiger charge is -2.15. The van der Waals surface area contributed by atoms with Crippen LogP contribution in [0.2, 0.25) is 0 Å². The molecule has 0 saturated carbocycles. The Labute approximate surface area is 484 Å². The summed E-state index contributed by atoms with van der Waals surface area (Å²) in [6, 6.07) is 0. The highest BCUT2D eigenvalue weighted by atomic mass is 16.6. The molecule has 1 unspecified atom stereocenters. The Morgan fingerprint density at radius 1 is 0.308 bits per heavy atom. The van der Waals surface area contributed by atoms with E-state index in [2.05, 4.69) is 123 Å². The first-order valence-corrected chi connectivity index (χ1v) is 33.4. The molecule has 448 valence electrons. The van der Waals surface area contributed by atoms with Gasteiger partial charge in [0.1, 0.15) is 6.61 Å². The number of carbonyl (C=O) groups excluding carboxylic acids is 2. The van der Waals surface area contributed by atoms with Gasteiger partial charge in [0.15, 0.2) is 6.10 Å². The Morgan fingerprint density at radius 2 is 0.551 bits per heavy atom.